The van der Waals surface area contributed by atoms with E-state index in [1.54, 1.807) is 0 Å². The number of carbonyl (C=O) groups is 1. The van der Waals surface area contributed by atoms with Crippen molar-refractivity contribution in [1.82, 2.24) is 0 Å². The van der Waals surface area contributed by atoms with Crippen molar-refractivity contribution in [3.8, 4) is 0 Å². The summed E-state index contributed by atoms with van der Waals surface area (Å²) in [7, 11) is 0. The minimum atomic E-state index is -0.128. The third-order valence-electron chi connectivity index (χ3n) is 2.57. The molecule has 0 aromatic rings. The van der Waals surface area contributed by atoms with Crippen molar-refractivity contribution < 1.29 is 9.53 Å². The summed E-state index contributed by atoms with van der Waals surface area (Å²) in [6, 6.07) is 0. The summed E-state index contributed by atoms with van der Waals surface area (Å²) in [5, 5.41) is 0. The van der Waals surface area contributed by atoms with Gasteiger partial charge in [-0.1, -0.05) is 51.7 Å². The molecule has 0 rings (SSSR count). The molecule has 0 aliphatic heterocycles. The predicted molar refractivity (Wildman–Crippen MR) is 68.3 cm³/mol. The molecule has 0 heterocycles. The topological polar surface area (TPSA) is 26.3 Å². The highest BCUT2D eigenvalue weighted by Crippen LogP contribution is 2.11. The van der Waals surface area contributed by atoms with Gasteiger partial charge in [0.1, 0.15) is 0 Å². The molecule has 1 atom stereocenters. The fourth-order valence-corrected chi connectivity index (χ4v) is 1.61. The molecule has 16 heavy (non-hydrogen) atoms. The number of allylic oxidation sites excluding steroid dienone is 1. The van der Waals surface area contributed by atoms with Crippen molar-refractivity contribution in [3.05, 3.63) is 12.2 Å². The van der Waals surface area contributed by atoms with Crippen LogP contribution in [0.2, 0.25) is 0 Å². The van der Waals surface area contributed by atoms with Crippen molar-refractivity contribution in [2.24, 2.45) is 5.92 Å². The minimum absolute atomic E-state index is 0.128. The predicted octanol–water partition coefficient (Wildman–Crippen LogP) is 4.10. The van der Waals surface area contributed by atoms with E-state index in [1.807, 2.05) is 13.0 Å². The third kappa shape index (κ3) is 9.75. The second-order valence-corrected chi connectivity index (χ2v) is 4.26. The number of hydrogen-bond acceptors (Lipinski definition) is 2. The van der Waals surface area contributed by atoms with Crippen LogP contribution in [0.3, 0.4) is 0 Å². The fraction of sp³-hybridized carbons (Fsp3) is 0.786. The van der Waals surface area contributed by atoms with Crippen molar-refractivity contribution in [1.29, 1.82) is 0 Å². The molecule has 0 aromatic heterocycles. The number of rotatable bonds is 9. The fourth-order valence-electron chi connectivity index (χ4n) is 1.61. The first-order chi connectivity index (χ1) is 7.70. The molecule has 94 valence electrons. The van der Waals surface area contributed by atoms with E-state index in [9.17, 15) is 4.79 Å². The van der Waals surface area contributed by atoms with Crippen LogP contribution in [0.1, 0.15) is 59.3 Å². The Morgan fingerprint density at radius 2 is 2.00 bits per heavy atom. The minimum Gasteiger partial charge on any atom is -0.466 e. The molecule has 1 unspecified atom stereocenters. The van der Waals surface area contributed by atoms with Crippen LogP contribution in [-0.2, 0) is 9.53 Å². The Morgan fingerprint density at radius 3 is 2.62 bits per heavy atom. The van der Waals surface area contributed by atoms with Gasteiger partial charge in [-0.2, -0.15) is 0 Å². The van der Waals surface area contributed by atoms with Crippen molar-refractivity contribution >= 4 is 5.97 Å². The summed E-state index contributed by atoms with van der Waals surface area (Å²) in [6.07, 6.45) is 10.9. The lowest BCUT2D eigenvalue weighted by Gasteiger charge is -2.05. The summed E-state index contributed by atoms with van der Waals surface area (Å²) in [6.45, 7) is 6.73. The van der Waals surface area contributed by atoms with E-state index in [1.165, 1.54) is 32.1 Å². The van der Waals surface area contributed by atoms with Gasteiger partial charge in [-0.3, -0.25) is 4.79 Å². The summed E-state index contributed by atoms with van der Waals surface area (Å²) in [4.78, 5) is 11.1. The van der Waals surface area contributed by atoms with Gasteiger partial charge in [0.05, 0.1) is 13.0 Å². The van der Waals surface area contributed by atoms with E-state index in [0.29, 0.717) is 18.9 Å². The van der Waals surface area contributed by atoms with Crippen molar-refractivity contribution in [3.63, 3.8) is 0 Å². The Labute approximate surface area is 100 Å². The second kappa shape index (κ2) is 10.7. The zero-order chi connectivity index (χ0) is 12.2. The molecule has 0 aromatic carbocycles. The lowest BCUT2D eigenvalue weighted by molar-refractivity contribution is -0.142. The van der Waals surface area contributed by atoms with Crippen LogP contribution in [0.4, 0.5) is 0 Å². The molecule has 0 spiro atoms. The van der Waals surface area contributed by atoms with Crippen LogP contribution in [0, 0.1) is 5.92 Å². The first-order valence-corrected chi connectivity index (χ1v) is 6.53. The molecule has 2 heteroatoms. The van der Waals surface area contributed by atoms with Gasteiger partial charge >= 0.3 is 5.97 Å². The van der Waals surface area contributed by atoms with E-state index >= 15 is 0 Å². The van der Waals surface area contributed by atoms with Crippen LogP contribution in [0.5, 0.6) is 0 Å². The van der Waals surface area contributed by atoms with Crippen LogP contribution in [0.15, 0.2) is 12.2 Å². The molecule has 2 nitrogen and oxygen atoms in total. The van der Waals surface area contributed by atoms with Crippen LogP contribution in [-0.4, -0.2) is 12.6 Å². The first kappa shape index (κ1) is 15.2. The van der Waals surface area contributed by atoms with Gasteiger partial charge in [0.2, 0.25) is 0 Å². The van der Waals surface area contributed by atoms with E-state index in [4.69, 9.17) is 4.74 Å². The summed E-state index contributed by atoms with van der Waals surface area (Å²) in [5.74, 6) is 0.447. The van der Waals surface area contributed by atoms with Crippen LogP contribution in [0.25, 0.3) is 0 Å². The maximum absolute atomic E-state index is 11.1. The Morgan fingerprint density at radius 1 is 1.25 bits per heavy atom. The maximum Gasteiger partial charge on any atom is 0.309 e. The van der Waals surface area contributed by atoms with Crippen LogP contribution < -0.4 is 0 Å². The van der Waals surface area contributed by atoms with E-state index in [2.05, 4.69) is 19.9 Å². The normalized spacial score (nSPS) is 12.9. The van der Waals surface area contributed by atoms with E-state index in [-0.39, 0.29) is 5.97 Å². The lowest BCUT2D eigenvalue weighted by atomic mass is 10.0. The Bertz CT molecular complexity index is 197. The number of hydrogen-bond donors (Lipinski definition) is 0. The number of ether oxygens (including phenoxy) is 1. The molecule has 0 aliphatic carbocycles. The largest absolute Gasteiger partial charge is 0.466 e. The molecular formula is C14H26O2. The van der Waals surface area contributed by atoms with Gasteiger partial charge in [-0.25, -0.2) is 0 Å². The monoisotopic (exact) mass is 226 g/mol. The summed E-state index contributed by atoms with van der Waals surface area (Å²) >= 11 is 0. The molecule has 0 bridgehead atoms. The van der Waals surface area contributed by atoms with Gasteiger partial charge in [-0.05, 0) is 19.3 Å². The van der Waals surface area contributed by atoms with Crippen molar-refractivity contribution in [2.45, 2.75) is 59.3 Å². The number of unbranched alkanes of at least 4 members (excludes halogenated alkanes) is 3. The smallest absolute Gasteiger partial charge is 0.309 e. The lowest BCUT2D eigenvalue weighted by Crippen LogP contribution is -2.01. The zero-order valence-corrected chi connectivity index (χ0v) is 11.0. The molecular weight excluding hydrogens is 200 g/mol. The molecule has 0 radical (unpaired) electrons. The highest BCUT2D eigenvalue weighted by atomic mass is 16.5. The average molecular weight is 226 g/mol. The van der Waals surface area contributed by atoms with E-state index < -0.39 is 0 Å². The van der Waals surface area contributed by atoms with E-state index in [0.717, 1.165) is 0 Å². The molecule has 0 fully saturated rings. The molecule has 0 saturated heterocycles. The Balaban J connectivity index is 3.50. The van der Waals surface area contributed by atoms with Crippen molar-refractivity contribution in [2.75, 3.05) is 6.61 Å². The standard InChI is InChI=1S/C14H26O2/c1-4-6-7-8-10-13(3)11-9-12-14(15)16-5-2/h9,11,13H,4-8,10,12H2,1-3H3/b11-9-. The SMILES string of the molecule is CCCCCCC(C)/C=C\CC(=O)OCC. The number of esters is 1. The van der Waals surface area contributed by atoms with Gasteiger partial charge in [0.25, 0.3) is 0 Å². The maximum atomic E-state index is 11.1. The highest BCUT2D eigenvalue weighted by molar-refractivity contribution is 5.71. The van der Waals surface area contributed by atoms with Gasteiger partial charge in [0.15, 0.2) is 0 Å². The Kier molecular flexibility index (Phi) is 10.2. The molecule has 0 saturated carbocycles. The quantitative estimate of drug-likeness (QED) is 0.336. The van der Waals surface area contributed by atoms with Gasteiger partial charge in [0, 0.05) is 0 Å². The van der Waals surface area contributed by atoms with Gasteiger partial charge < -0.3 is 4.74 Å². The highest BCUT2D eigenvalue weighted by Gasteiger charge is 1.99. The molecule has 0 amide bonds. The first-order valence-electron chi connectivity index (χ1n) is 6.53. The molecule has 0 N–H and O–H groups in total. The average Bonchev–Trinajstić information content (AvgIpc) is 2.25. The number of carbonyl (C=O) groups excluding carboxylic acids is 1. The summed E-state index contributed by atoms with van der Waals surface area (Å²) in [5.41, 5.74) is 0. The van der Waals surface area contributed by atoms with Crippen LogP contribution >= 0.6 is 0 Å². The summed E-state index contributed by atoms with van der Waals surface area (Å²) < 4.78 is 4.85. The Hall–Kier alpha value is -0.790. The molecule has 0 aliphatic rings. The van der Waals surface area contributed by atoms with Gasteiger partial charge in [-0.15, -0.1) is 0 Å². The second-order valence-electron chi connectivity index (χ2n) is 4.26. The third-order valence-corrected chi connectivity index (χ3v) is 2.57. The zero-order valence-electron chi connectivity index (χ0n) is 11.0.